The molecule has 2 aromatic rings. The number of aromatic hydroxyl groups is 1. The first-order chi connectivity index (χ1) is 9.04. The van der Waals surface area contributed by atoms with E-state index >= 15 is 0 Å². The molecule has 0 radical (unpaired) electrons. The quantitative estimate of drug-likeness (QED) is 0.844. The number of fused-ring (bicyclic) bond motifs is 1. The second-order valence-electron chi connectivity index (χ2n) is 4.66. The summed E-state index contributed by atoms with van der Waals surface area (Å²) in [4.78, 5) is 9.21. The topological polar surface area (TPSA) is 45.5 Å². The van der Waals surface area contributed by atoms with Crippen molar-refractivity contribution in [2.24, 2.45) is 4.99 Å². The number of phenols is 1. The molecule has 2 atom stereocenters. The van der Waals surface area contributed by atoms with Crippen LogP contribution in [-0.4, -0.2) is 21.2 Å². The third-order valence-corrected chi connectivity index (χ3v) is 5.16. The van der Waals surface area contributed by atoms with Crippen LogP contribution < -0.4 is 0 Å². The second kappa shape index (κ2) is 4.80. The van der Waals surface area contributed by atoms with Crippen LogP contribution in [0.1, 0.15) is 24.8 Å². The predicted molar refractivity (Wildman–Crippen MR) is 84.0 cm³/mol. The van der Waals surface area contributed by atoms with Crippen molar-refractivity contribution in [1.82, 2.24) is 4.98 Å². The second-order valence-corrected chi connectivity index (χ2v) is 6.85. The first kappa shape index (κ1) is 12.9. The summed E-state index contributed by atoms with van der Waals surface area (Å²) in [5, 5.41) is 12.2. The van der Waals surface area contributed by atoms with Gasteiger partial charge in [0.2, 0.25) is 0 Å². The lowest BCUT2D eigenvalue weighted by Gasteiger charge is -2.13. The number of rotatable bonds is 1. The highest BCUT2D eigenvalue weighted by molar-refractivity contribution is 9.10. The minimum atomic E-state index is 0.219. The molecule has 1 aliphatic rings. The first-order valence-corrected chi connectivity index (χ1v) is 7.72. The van der Waals surface area contributed by atoms with Crippen LogP contribution in [0.5, 0.6) is 5.75 Å². The van der Waals surface area contributed by atoms with E-state index in [2.05, 4.69) is 32.8 Å². The summed E-state index contributed by atoms with van der Waals surface area (Å²) < 4.78 is 0.692. The molecule has 5 heteroatoms. The molecule has 0 bridgehead atoms. The van der Waals surface area contributed by atoms with Crippen LogP contribution in [0.15, 0.2) is 33.7 Å². The fourth-order valence-corrected chi connectivity index (χ4v) is 3.75. The Morgan fingerprint density at radius 1 is 1.32 bits per heavy atom. The van der Waals surface area contributed by atoms with Gasteiger partial charge in [0.25, 0.3) is 0 Å². The van der Waals surface area contributed by atoms with E-state index in [1.807, 2.05) is 25.1 Å². The summed E-state index contributed by atoms with van der Waals surface area (Å²) in [6, 6.07) is 7.92. The Morgan fingerprint density at radius 3 is 2.79 bits per heavy atom. The van der Waals surface area contributed by atoms with Crippen LogP contribution in [-0.2, 0) is 0 Å². The third kappa shape index (κ3) is 2.37. The number of hydrogen-bond acceptors (Lipinski definition) is 4. The summed E-state index contributed by atoms with van der Waals surface area (Å²) in [7, 11) is 0. The van der Waals surface area contributed by atoms with Gasteiger partial charge in [0.15, 0.2) is 0 Å². The van der Waals surface area contributed by atoms with Gasteiger partial charge < -0.3 is 5.11 Å². The lowest BCUT2D eigenvalue weighted by atomic mass is 10.1. The Morgan fingerprint density at radius 2 is 2.11 bits per heavy atom. The summed E-state index contributed by atoms with van der Waals surface area (Å²) in [6.45, 7) is 4.14. The van der Waals surface area contributed by atoms with E-state index in [1.54, 1.807) is 17.8 Å². The lowest BCUT2D eigenvalue weighted by Crippen LogP contribution is -2.06. The molecular weight excluding hydrogens is 324 g/mol. The molecule has 3 rings (SSSR count). The molecule has 0 amide bonds. The molecule has 98 valence electrons. The van der Waals surface area contributed by atoms with Crippen molar-refractivity contribution in [3.63, 3.8) is 0 Å². The summed E-state index contributed by atoms with van der Waals surface area (Å²) >= 11 is 5.08. The number of hydrogen-bond donors (Lipinski definition) is 1. The lowest BCUT2D eigenvalue weighted by molar-refractivity contribution is 0.472. The molecule has 1 N–H and O–H groups in total. The highest BCUT2D eigenvalue weighted by atomic mass is 79.9. The zero-order chi connectivity index (χ0) is 13.6. The maximum atomic E-state index is 9.75. The predicted octanol–water partition coefficient (Wildman–Crippen LogP) is 4.30. The average Bonchev–Trinajstić information content (AvgIpc) is 2.69. The number of halogens is 1. The van der Waals surface area contributed by atoms with E-state index in [1.165, 1.54) is 0 Å². The highest BCUT2D eigenvalue weighted by Gasteiger charge is 2.27. The number of aromatic nitrogens is 1. The maximum absolute atomic E-state index is 9.75. The Hall–Kier alpha value is -1.07. The van der Waals surface area contributed by atoms with Crippen molar-refractivity contribution in [3.05, 3.63) is 34.4 Å². The van der Waals surface area contributed by atoms with Crippen molar-refractivity contribution in [1.29, 1.82) is 0 Å². The highest BCUT2D eigenvalue weighted by Crippen LogP contribution is 2.40. The van der Waals surface area contributed by atoms with Gasteiger partial charge in [-0.1, -0.05) is 17.8 Å². The summed E-state index contributed by atoms with van der Waals surface area (Å²) in [5.41, 5.74) is 1.84. The third-order valence-electron chi connectivity index (χ3n) is 3.19. The van der Waals surface area contributed by atoms with E-state index in [9.17, 15) is 5.11 Å². The monoisotopic (exact) mass is 336 g/mol. The van der Waals surface area contributed by atoms with Crippen molar-refractivity contribution >= 4 is 43.6 Å². The molecule has 2 unspecified atom stereocenters. The van der Waals surface area contributed by atoms with Gasteiger partial charge in [-0.2, -0.15) is 0 Å². The van der Waals surface area contributed by atoms with E-state index in [0.717, 1.165) is 21.6 Å². The van der Waals surface area contributed by atoms with Crippen LogP contribution in [0.4, 0.5) is 0 Å². The van der Waals surface area contributed by atoms with Crippen LogP contribution in [0.3, 0.4) is 0 Å². The van der Waals surface area contributed by atoms with Gasteiger partial charge in [-0.25, -0.2) is 0 Å². The number of thioether (sulfide) groups is 1. The molecule has 2 heterocycles. The van der Waals surface area contributed by atoms with Gasteiger partial charge in [-0.05, 0) is 41.9 Å². The zero-order valence-corrected chi connectivity index (χ0v) is 13.0. The van der Waals surface area contributed by atoms with Crippen LogP contribution >= 0.6 is 27.7 Å². The number of phenolic OH excluding ortho intramolecular Hbond substituents is 1. The molecule has 0 saturated carbocycles. The zero-order valence-electron chi connectivity index (χ0n) is 10.6. The van der Waals surface area contributed by atoms with E-state index in [0.29, 0.717) is 4.47 Å². The Bertz CT molecular complexity index is 686. The molecule has 0 aliphatic carbocycles. The van der Waals surface area contributed by atoms with Crippen molar-refractivity contribution in [2.75, 3.05) is 0 Å². The standard InChI is InChI=1S/C14H13BrN2OS/c1-7-14(19-8(2)16-7)11-4-3-9-5-10(15)13(18)6-12(9)17-11/h3-7,14,18H,1-2H3. The Kier molecular flexibility index (Phi) is 3.27. The molecule has 3 nitrogen and oxygen atoms in total. The molecule has 0 fully saturated rings. The number of benzene rings is 1. The van der Waals surface area contributed by atoms with Gasteiger partial charge in [0.05, 0.1) is 32.0 Å². The van der Waals surface area contributed by atoms with Gasteiger partial charge in [0.1, 0.15) is 5.75 Å². The smallest absolute Gasteiger partial charge is 0.131 e. The molecule has 1 aromatic carbocycles. The largest absolute Gasteiger partial charge is 0.507 e. The first-order valence-electron chi connectivity index (χ1n) is 6.05. The van der Waals surface area contributed by atoms with Crippen molar-refractivity contribution in [2.45, 2.75) is 25.1 Å². The Labute approximate surface area is 124 Å². The summed E-state index contributed by atoms with van der Waals surface area (Å²) in [5.74, 6) is 0.219. The minimum Gasteiger partial charge on any atom is -0.507 e. The molecule has 1 aromatic heterocycles. The van der Waals surface area contributed by atoms with Crippen molar-refractivity contribution in [3.8, 4) is 5.75 Å². The average molecular weight is 337 g/mol. The molecule has 0 spiro atoms. The van der Waals surface area contributed by atoms with Crippen molar-refractivity contribution < 1.29 is 5.11 Å². The fraction of sp³-hybridized carbons (Fsp3) is 0.286. The molecular formula is C14H13BrN2OS. The van der Waals surface area contributed by atoms with Gasteiger partial charge in [-0.3, -0.25) is 9.98 Å². The van der Waals surface area contributed by atoms with Gasteiger partial charge in [0, 0.05) is 11.5 Å². The number of pyridine rings is 1. The fourth-order valence-electron chi connectivity index (χ4n) is 2.28. The van der Waals surface area contributed by atoms with E-state index in [4.69, 9.17) is 0 Å². The van der Waals surface area contributed by atoms with Crippen LogP contribution in [0, 0.1) is 0 Å². The molecule has 0 saturated heterocycles. The Balaban J connectivity index is 2.05. The minimum absolute atomic E-state index is 0.219. The molecule has 19 heavy (non-hydrogen) atoms. The van der Waals surface area contributed by atoms with Crippen LogP contribution in [0.25, 0.3) is 10.9 Å². The SMILES string of the molecule is CC1=NC(C)C(c2ccc3cc(Br)c(O)cc3n2)S1. The van der Waals surface area contributed by atoms with E-state index < -0.39 is 0 Å². The van der Waals surface area contributed by atoms with Gasteiger partial charge >= 0.3 is 0 Å². The van der Waals surface area contributed by atoms with E-state index in [-0.39, 0.29) is 17.0 Å². The normalized spacial score (nSPS) is 22.8. The summed E-state index contributed by atoms with van der Waals surface area (Å²) in [6.07, 6.45) is 0. The number of nitrogens with zero attached hydrogens (tertiary/aromatic N) is 2. The molecule has 1 aliphatic heterocycles. The van der Waals surface area contributed by atoms with Gasteiger partial charge in [-0.15, -0.1) is 0 Å². The van der Waals surface area contributed by atoms with Crippen LogP contribution in [0.2, 0.25) is 0 Å². The number of aliphatic imine (C=N–C) groups is 1. The maximum Gasteiger partial charge on any atom is 0.131 e.